The molecule has 33 heavy (non-hydrogen) atoms. The lowest BCUT2D eigenvalue weighted by Gasteiger charge is -2.22. The van der Waals surface area contributed by atoms with E-state index in [1.165, 1.54) is 18.7 Å². The molecule has 0 bridgehead atoms. The Bertz CT molecular complexity index is 1600. The van der Waals surface area contributed by atoms with Gasteiger partial charge in [0.25, 0.3) is 5.56 Å². The highest BCUT2D eigenvalue weighted by molar-refractivity contribution is 6.35. The fourth-order valence-corrected chi connectivity index (χ4v) is 3.99. The number of nitrogens with one attached hydrogen (secondary N) is 2. The molecule has 2 aromatic carbocycles. The van der Waals surface area contributed by atoms with E-state index >= 15 is 0 Å². The van der Waals surface area contributed by atoms with Gasteiger partial charge in [-0.1, -0.05) is 17.7 Å². The van der Waals surface area contributed by atoms with Gasteiger partial charge in [-0.25, -0.2) is 28.1 Å². The Hall–Kier alpha value is -3.92. The van der Waals surface area contributed by atoms with Crippen molar-refractivity contribution >= 4 is 39.4 Å². The van der Waals surface area contributed by atoms with E-state index in [9.17, 15) is 18.0 Å². The average molecular weight is 471 g/mol. The largest absolute Gasteiger partial charge is 0.360 e. The van der Waals surface area contributed by atoms with Crippen LogP contribution in [0.5, 0.6) is 0 Å². The number of fused-ring (bicyclic) bond motifs is 2. The maximum absolute atomic E-state index is 14.8. The van der Waals surface area contributed by atoms with Gasteiger partial charge in [0.15, 0.2) is 11.5 Å². The Kier molecular flexibility index (Phi) is 5.01. The highest BCUT2D eigenvalue weighted by atomic mass is 35.5. The summed E-state index contributed by atoms with van der Waals surface area (Å²) in [5.41, 5.74) is 0.321. The van der Waals surface area contributed by atoms with E-state index in [0.29, 0.717) is 34.1 Å². The van der Waals surface area contributed by atoms with Gasteiger partial charge in [0.05, 0.1) is 28.5 Å². The highest BCUT2D eigenvalue weighted by Gasteiger charge is 2.22. The number of imidazole rings is 1. The van der Waals surface area contributed by atoms with Crippen LogP contribution in [-0.4, -0.2) is 24.5 Å². The number of rotatable bonds is 4. The number of hydrogen-bond donors (Lipinski definition) is 2. The standard InChI is InChI=1S/C22H14ClF3N6O/c1-10(31-21-19-20(28-8-27-19)29-9-30-21)16-6-11-2-4-13(25)18(23)17(11)22(33)32(16)15-5-3-12(24)7-14(15)26/h2-10H,1H3,(H2,27,28,29,30,31)/t10-/m0/s1. The minimum absolute atomic E-state index is 0.118. The summed E-state index contributed by atoms with van der Waals surface area (Å²) in [6.07, 6.45) is 2.80. The van der Waals surface area contributed by atoms with Crippen molar-refractivity contribution in [2.75, 3.05) is 5.32 Å². The normalized spacial score (nSPS) is 12.4. The van der Waals surface area contributed by atoms with Crippen LogP contribution in [0.25, 0.3) is 27.6 Å². The van der Waals surface area contributed by atoms with Crippen molar-refractivity contribution in [1.82, 2.24) is 24.5 Å². The lowest BCUT2D eigenvalue weighted by molar-refractivity contribution is 0.574. The number of pyridine rings is 1. The van der Waals surface area contributed by atoms with Gasteiger partial charge in [0.2, 0.25) is 0 Å². The molecule has 0 aliphatic carbocycles. The van der Waals surface area contributed by atoms with Crippen molar-refractivity contribution in [3.8, 4) is 5.69 Å². The van der Waals surface area contributed by atoms with E-state index < -0.39 is 29.1 Å². The Morgan fingerprint density at radius 3 is 2.67 bits per heavy atom. The molecule has 2 N–H and O–H groups in total. The van der Waals surface area contributed by atoms with Gasteiger partial charge in [-0.05, 0) is 36.6 Å². The quantitative estimate of drug-likeness (QED) is 0.390. The minimum Gasteiger partial charge on any atom is -0.360 e. The molecular weight excluding hydrogens is 457 g/mol. The molecule has 0 aliphatic heterocycles. The summed E-state index contributed by atoms with van der Waals surface area (Å²) in [5.74, 6) is -2.17. The number of benzene rings is 2. The van der Waals surface area contributed by atoms with E-state index in [1.54, 1.807) is 13.0 Å². The predicted octanol–water partition coefficient (Wildman–Crippen LogP) is 4.90. The second-order valence-electron chi connectivity index (χ2n) is 7.32. The number of halogens is 4. The van der Waals surface area contributed by atoms with E-state index in [4.69, 9.17) is 11.6 Å². The molecule has 0 saturated carbocycles. The Labute approximate surface area is 188 Å². The molecule has 0 fully saturated rings. The average Bonchev–Trinajstić information content (AvgIpc) is 3.27. The van der Waals surface area contributed by atoms with E-state index in [2.05, 4.69) is 25.3 Å². The molecule has 3 heterocycles. The maximum atomic E-state index is 14.8. The van der Waals surface area contributed by atoms with Gasteiger partial charge in [0.1, 0.15) is 29.3 Å². The molecule has 5 aromatic rings. The molecule has 5 rings (SSSR count). The van der Waals surface area contributed by atoms with Crippen molar-refractivity contribution in [3.05, 3.63) is 87.6 Å². The monoisotopic (exact) mass is 470 g/mol. The van der Waals surface area contributed by atoms with Gasteiger partial charge in [-0.15, -0.1) is 0 Å². The van der Waals surface area contributed by atoms with Crippen LogP contribution in [-0.2, 0) is 0 Å². The number of aromatic amines is 1. The van der Waals surface area contributed by atoms with E-state index in [-0.39, 0.29) is 16.1 Å². The Morgan fingerprint density at radius 1 is 1.06 bits per heavy atom. The molecule has 0 aliphatic rings. The lowest BCUT2D eigenvalue weighted by Crippen LogP contribution is -2.26. The third-order valence-electron chi connectivity index (χ3n) is 5.27. The Balaban J connectivity index is 1.76. The van der Waals surface area contributed by atoms with E-state index in [0.717, 1.165) is 22.8 Å². The number of H-pyrrole nitrogens is 1. The van der Waals surface area contributed by atoms with Crippen LogP contribution in [0, 0.1) is 17.5 Å². The molecule has 0 unspecified atom stereocenters. The third-order valence-corrected chi connectivity index (χ3v) is 5.64. The zero-order valence-corrected chi connectivity index (χ0v) is 17.7. The van der Waals surface area contributed by atoms with Crippen molar-refractivity contribution < 1.29 is 13.2 Å². The second kappa shape index (κ2) is 7.89. The number of aromatic nitrogens is 5. The smallest absolute Gasteiger partial charge is 0.264 e. The molecule has 0 saturated heterocycles. The molecule has 0 radical (unpaired) electrons. The molecular formula is C22H14ClF3N6O. The SMILES string of the molecule is C[C@H](Nc1ncnc2[nH]cnc12)c1cc2ccc(F)c(Cl)c2c(=O)n1-c1ccc(F)cc1F. The zero-order chi connectivity index (χ0) is 23.3. The number of nitrogens with zero attached hydrogens (tertiary/aromatic N) is 4. The summed E-state index contributed by atoms with van der Waals surface area (Å²) in [6, 6.07) is 6.36. The summed E-state index contributed by atoms with van der Waals surface area (Å²) in [4.78, 5) is 28.8. The summed E-state index contributed by atoms with van der Waals surface area (Å²) in [7, 11) is 0. The maximum Gasteiger partial charge on any atom is 0.264 e. The molecule has 1 atom stereocenters. The first-order chi connectivity index (χ1) is 15.8. The fraction of sp³-hybridized carbons (Fsp3) is 0.0909. The second-order valence-corrected chi connectivity index (χ2v) is 7.70. The highest BCUT2D eigenvalue weighted by Crippen LogP contribution is 2.30. The van der Waals surface area contributed by atoms with E-state index in [1.807, 2.05) is 0 Å². The Morgan fingerprint density at radius 2 is 1.88 bits per heavy atom. The predicted molar refractivity (Wildman–Crippen MR) is 118 cm³/mol. The summed E-state index contributed by atoms with van der Waals surface area (Å²) in [6.45, 7) is 1.73. The molecule has 0 spiro atoms. The zero-order valence-electron chi connectivity index (χ0n) is 16.9. The number of anilines is 1. The van der Waals surface area contributed by atoms with Crippen LogP contribution in [0.2, 0.25) is 5.02 Å². The lowest BCUT2D eigenvalue weighted by atomic mass is 10.1. The van der Waals surface area contributed by atoms with Crippen LogP contribution in [0.3, 0.4) is 0 Å². The molecule has 7 nitrogen and oxygen atoms in total. The van der Waals surface area contributed by atoms with Crippen LogP contribution >= 0.6 is 11.6 Å². The van der Waals surface area contributed by atoms with Crippen LogP contribution in [0.4, 0.5) is 19.0 Å². The van der Waals surface area contributed by atoms with Gasteiger partial charge < -0.3 is 10.3 Å². The summed E-state index contributed by atoms with van der Waals surface area (Å²) >= 11 is 6.08. The minimum atomic E-state index is -0.964. The molecule has 11 heteroatoms. The molecule has 0 amide bonds. The number of hydrogen-bond acceptors (Lipinski definition) is 5. The van der Waals surface area contributed by atoms with Crippen molar-refractivity contribution in [2.24, 2.45) is 0 Å². The topological polar surface area (TPSA) is 88.5 Å². The van der Waals surface area contributed by atoms with Crippen molar-refractivity contribution in [3.63, 3.8) is 0 Å². The van der Waals surface area contributed by atoms with Gasteiger partial charge >= 0.3 is 0 Å². The van der Waals surface area contributed by atoms with Gasteiger partial charge in [0, 0.05) is 11.8 Å². The first kappa shape index (κ1) is 21.0. The fourth-order valence-electron chi connectivity index (χ4n) is 3.74. The van der Waals surface area contributed by atoms with Gasteiger partial charge in [-0.2, -0.15) is 0 Å². The molecule has 166 valence electrons. The van der Waals surface area contributed by atoms with Crippen molar-refractivity contribution in [2.45, 2.75) is 13.0 Å². The van der Waals surface area contributed by atoms with Crippen LogP contribution < -0.4 is 10.9 Å². The van der Waals surface area contributed by atoms with Crippen LogP contribution in [0.15, 0.2) is 53.8 Å². The summed E-state index contributed by atoms with van der Waals surface area (Å²) in [5, 5.41) is 3.01. The third kappa shape index (κ3) is 3.48. The van der Waals surface area contributed by atoms with Crippen molar-refractivity contribution in [1.29, 1.82) is 0 Å². The first-order valence-corrected chi connectivity index (χ1v) is 10.1. The first-order valence-electron chi connectivity index (χ1n) is 9.75. The summed E-state index contributed by atoms with van der Waals surface area (Å²) < 4.78 is 43.5. The van der Waals surface area contributed by atoms with Gasteiger partial charge in [-0.3, -0.25) is 9.36 Å². The molecule has 3 aromatic heterocycles. The van der Waals surface area contributed by atoms with Crippen LogP contribution in [0.1, 0.15) is 18.7 Å².